The molecule has 0 bridgehead atoms. The van der Waals surface area contributed by atoms with E-state index in [0.29, 0.717) is 0 Å². The quantitative estimate of drug-likeness (QED) is 0.585. The zero-order valence-corrected chi connectivity index (χ0v) is 7.23. The maximum Gasteiger partial charge on any atom is 0.346 e. The van der Waals surface area contributed by atoms with E-state index in [0.717, 1.165) is 0 Å². The van der Waals surface area contributed by atoms with E-state index in [1.54, 1.807) is 0 Å². The first-order valence-electron chi connectivity index (χ1n) is 3.45. The molecule has 5 heteroatoms. The van der Waals surface area contributed by atoms with Gasteiger partial charge in [0.25, 0.3) is 0 Å². The Balaban J connectivity index is 3.92. The van der Waals surface area contributed by atoms with E-state index >= 15 is 0 Å². The summed E-state index contributed by atoms with van der Waals surface area (Å²) in [5.41, 5.74) is 0. The number of hydrogen-bond acceptors (Lipinski definition) is 5. The molecule has 0 aliphatic heterocycles. The van der Waals surface area contributed by atoms with Gasteiger partial charge in [0.15, 0.2) is 6.10 Å². The molecule has 1 N–H and O–H groups in total. The predicted octanol–water partition coefficient (Wildman–Crippen LogP) is -0.528. The first-order chi connectivity index (χ1) is 5.49. The molecule has 2 unspecified atom stereocenters. The van der Waals surface area contributed by atoms with E-state index in [4.69, 9.17) is 5.11 Å². The second kappa shape index (κ2) is 4.71. The van der Waals surface area contributed by atoms with Crippen LogP contribution in [0, 0.1) is 0 Å². The molecule has 0 aliphatic carbocycles. The molecule has 0 aromatic heterocycles. The van der Waals surface area contributed by atoms with Gasteiger partial charge in [-0.2, -0.15) is 0 Å². The molecule has 0 fully saturated rings. The molecule has 0 rings (SSSR count). The largest absolute Gasteiger partial charge is 0.466 e. The van der Waals surface area contributed by atoms with Crippen LogP contribution in [0.4, 0.5) is 0 Å². The summed E-state index contributed by atoms with van der Waals surface area (Å²) in [5.74, 6) is -1.49. The van der Waals surface area contributed by atoms with Crippen LogP contribution in [0.5, 0.6) is 0 Å². The molecule has 0 aliphatic rings. The lowest BCUT2D eigenvalue weighted by atomic mass is 10.4. The van der Waals surface area contributed by atoms with Gasteiger partial charge in [-0.3, -0.25) is 0 Å². The normalized spacial score (nSPS) is 14.7. The number of carbonyl (C=O) groups is 2. The van der Waals surface area contributed by atoms with Gasteiger partial charge in [0.2, 0.25) is 0 Å². The van der Waals surface area contributed by atoms with Crippen LogP contribution in [0.25, 0.3) is 0 Å². The SMILES string of the molecule is COC(=O)C(C)OC(=O)C(C)O. The Morgan fingerprint density at radius 2 is 1.75 bits per heavy atom. The fraction of sp³-hybridized carbons (Fsp3) is 0.714. The van der Waals surface area contributed by atoms with Crippen molar-refractivity contribution in [1.82, 2.24) is 0 Å². The molecule has 5 nitrogen and oxygen atoms in total. The zero-order valence-electron chi connectivity index (χ0n) is 7.23. The van der Waals surface area contributed by atoms with Gasteiger partial charge in [-0.15, -0.1) is 0 Å². The molecule has 0 aromatic carbocycles. The average molecular weight is 176 g/mol. The van der Waals surface area contributed by atoms with Crippen molar-refractivity contribution in [1.29, 1.82) is 0 Å². The Morgan fingerprint density at radius 3 is 2.08 bits per heavy atom. The first-order valence-corrected chi connectivity index (χ1v) is 3.45. The minimum Gasteiger partial charge on any atom is -0.466 e. The highest BCUT2D eigenvalue weighted by atomic mass is 16.6. The second-order valence-corrected chi connectivity index (χ2v) is 2.28. The third kappa shape index (κ3) is 3.34. The van der Waals surface area contributed by atoms with E-state index < -0.39 is 24.1 Å². The third-order valence-electron chi connectivity index (χ3n) is 1.17. The molecule has 0 spiro atoms. The van der Waals surface area contributed by atoms with Gasteiger partial charge in [-0.25, -0.2) is 9.59 Å². The van der Waals surface area contributed by atoms with Crippen molar-refractivity contribution in [2.24, 2.45) is 0 Å². The van der Waals surface area contributed by atoms with E-state index in [9.17, 15) is 9.59 Å². The Hall–Kier alpha value is -1.10. The van der Waals surface area contributed by atoms with Gasteiger partial charge in [-0.1, -0.05) is 0 Å². The van der Waals surface area contributed by atoms with Gasteiger partial charge in [0.05, 0.1) is 7.11 Å². The smallest absolute Gasteiger partial charge is 0.346 e. The number of carbonyl (C=O) groups excluding carboxylic acids is 2. The number of esters is 2. The fourth-order valence-electron chi connectivity index (χ4n) is 0.487. The molecule has 2 atom stereocenters. The molecule has 0 aromatic rings. The number of methoxy groups -OCH3 is 1. The van der Waals surface area contributed by atoms with E-state index in [2.05, 4.69) is 9.47 Å². The standard InChI is InChI=1S/C7H12O5/c1-4(8)6(9)12-5(2)7(10)11-3/h4-5,8H,1-3H3. The van der Waals surface area contributed by atoms with E-state index in [-0.39, 0.29) is 0 Å². The summed E-state index contributed by atoms with van der Waals surface area (Å²) in [6.45, 7) is 2.62. The summed E-state index contributed by atoms with van der Waals surface area (Å²) in [5, 5.41) is 8.70. The lowest BCUT2D eigenvalue weighted by Gasteiger charge is -2.11. The van der Waals surface area contributed by atoms with Crippen molar-refractivity contribution in [3.63, 3.8) is 0 Å². The molecular weight excluding hydrogens is 164 g/mol. The Kier molecular flexibility index (Phi) is 4.28. The van der Waals surface area contributed by atoms with Gasteiger partial charge < -0.3 is 14.6 Å². The molecule has 0 radical (unpaired) electrons. The molecule has 0 amide bonds. The van der Waals surface area contributed by atoms with Crippen molar-refractivity contribution in [2.45, 2.75) is 26.1 Å². The minimum atomic E-state index is -1.22. The molecule has 12 heavy (non-hydrogen) atoms. The van der Waals surface area contributed by atoms with Crippen LogP contribution in [-0.4, -0.2) is 36.4 Å². The lowest BCUT2D eigenvalue weighted by Crippen LogP contribution is -2.30. The molecular formula is C7H12O5. The predicted molar refractivity (Wildman–Crippen MR) is 39.3 cm³/mol. The maximum atomic E-state index is 10.7. The van der Waals surface area contributed by atoms with Crippen molar-refractivity contribution < 1.29 is 24.2 Å². The van der Waals surface area contributed by atoms with Crippen LogP contribution in [-0.2, 0) is 19.1 Å². The molecule has 70 valence electrons. The third-order valence-corrected chi connectivity index (χ3v) is 1.17. The Morgan fingerprint density at radius 1 is 1.25 bits per heavy atom. The highest BCUT2D eigenvalue weighted by Gasteiger charge is 2.20. The van der Waals surface area contributed by atoms with Crippen molar-refractivity contribution in [3.05, 3.63) is 0 Å². The Labute approximate surface area is 70.3 Å². The molecule has 0 saturated carbocycles. The van der Waals surface area contributed by atoms with Crippen molar-refractivity contribution in [2.75, 3.05) is 7.11 Å². The van der Waals surface area contributed by atoms with Crippen LogP contribution in [0.3, 0.4) is 0 Å². The van der Waals surface area contributed by atoms with Crippen LogP contribution in [0.2, 0.25) is 0 Å². The highest BCUT2D eigenvalue weighted by molar-refractivity contribution is 5.80. The van der Waals surface area contributed by atoms with Crippen LogP contribution >= 0.6 is 0 Å². The van der Waals surface area contributed by atoms with Gasteiger partial charge in [0, 0.05) is 0 Å². The van der Waals surface area contributed by atoms with Crippen molar-refractivity contribution in [3.8, 4) is 0 Å². The average Bonchev–Trinajstić information content (AvgIpc) is 2.02. The summed E-state index contributed by atoms with van der Waals surface area (Å²) in [7, 11) is 1.19. The van der Waals surface area contributed by atoms with Gasteiger partial charge in [-0.05, 0) is 13.8 Å². The summed E-state index contributed by atoms with van der Waals surface area (Å²) >= 11 is 0. The Bertz CT molecular complexity index is 175. The van der Waals surface area contributed by atoms with E-state index in [1.807, 2.05) is 0 Å². The lowest BCUT2D eigenvalue weighted by molar-refractivity contribution is -0.169. The minimum absolute atomic E-state index is 0.649. The summed E-state index contributed by atoms with van der Waals surface area (Å²) < 4.78 is 8.80. The molecule has 0 heterocycles. The topological polar surface area (TPSA) is 72.8 Å². The summed E-state index contributed by atoms with van der Waals surface area (Å²) in [6, 6.07) is 0. The zero-order chi connectivity index (χ0) is 9.72. The van der Waals surface area contributed by atoms with Crippen molar-refractivity contribution >= 4 is 11.9 Å². The van der Waals surface area contributed by atoms with Gasteiger partial charge in [0.1, 0.15) is 6.10 Å². The number of rotatable bonds is 3. The molecule has 0 saturated heterocycles. The van der Waals surface area contributed by atoms with Gasteiger partial charge >= 0.3 is 11.9 Å². The highest BCUT2D eigenvalue weighted by Crippen LogP contribution is 1.96. The van der Waals surface area contributed by atoms with E-state index in [1.165, 1.54) is 21.0 Å². The number of aliphatic hydroxyl groups excluding tert-OH is 1. The monoisotopic (exact) mass is 176 g/mol. The number of hydrogen-bond donors (Lipinski definition) is 1. The summed E-state index contributed by atoms with van der Waals surface area (Å²) in [6.07, 6.45) is -2.20. The summed E-state index contributed by atoms with van der Waals surface area (Å²) in [4.78, 5) is 21.4. The maximum absolute atomic E-state index is 10.7. The van der Waals surface area contributed by atoms with Crippen LogP contribution in [0.15, 0.2) is 0 Å². The second-order valence-electron chi connectivity index (χ2n) is 2.28. The fourth-order valence-corrected chi connectivity index (χ4v) is 0.487. The van der Waals surface area contributed by atoms with Crippen LogP contribution in [0.1, 0.15) is 13.8 Å². The van der Waals surface area contributed by atoms with Crippen LogP contribution < -0.4 is 0 Å². The number of ether oxygens (including phenoxy) is 2. The first kappa shape index (κ1) is 10.9. The number of aliphatic hydroxyl groups is 1.